The molecular formula is C30H40N2O8Si. The van der Waals surface area contributed by atoms with Crippen LogP contribution < -0.4 is 15.0 Å². The van der Waals surface area contributed by atoms with Gasteiger partial charge in [0, 0.05) is 47.8 Å². The van der Waals surface area contributed by atoms with Crippen LogP contribution in [0, 0.1) is 5.92 Å². The second-order valence-electron chi connectivity index (χ2n) is 11.3. The number of hydrogen-bond acceptors (Lipinski definition) is 8. The average Bonchev–Trinajstić information content (AvgIpc) is 3.37. The van der Waals surface area contributed by atoms with Gasteiger partial charge in [0.25, 0.3) is 11.8 Å². The molecule has 222 valence electrons. The quantitative estimate of drug-likeness (QED) is 0.206. The zero-order valence-electron chi connectivity index (χ0n) is 24.3. The Morgan fingerprint density at radius 1 is 1.12 bits per heavy atom. The highest BCUT2D eigenvalue weighted by atomic mass is 28.4. The molecule has 0 bridgehead atoms. The van der Waals surface area contributed by atoms with Crippen molar-refractivity contribution in [3.63, 3.8) is 0 Å². The van der Waals surface area contributed by atoms with E-state index >= 15 is 0 Å². The number of aliphatic hydroxyl groups is 1. The summed E-state index contributed by atoms with van der Waals surface area (Å²) >= 11 is 0. The zero-order chi connectivity index (χ0) is 29.9. The number of carbonyl (C=O) groups is 3. The van der Waals surface area contributed by atoms with E-state index in [1.807, 2.05) is 20.0 Å². The number of anilines is 2. The minimum Gasteiger partial charge on any atom is -0.497 e. The molecule has 0 radical (unpaired) electrons. The maximum Gasteiger partial charge on any atom is 0.305 e. The molecular weight excluding hydrogens is 544 g/mol. The maximum atomic E-state index is 14.3. The number of hydrogen-bond donors (Lipinski definition) is 3. The van der Waals surface area contributed by atoms with E-state index in [-0.39, 0.29) is 42.3 Å². The fourth-order valence-corrected chi connectivity index (χ4v) is 8.96. The largest absolute Gasteiger partial charge is 0.497 e. The van der Waals surface area contributed by atoms with Crippen LogP contribution >= 0.6 is 0 Å². The number of esters is 1. The van der Waals surface area contributed by atoms with Crippen LogP contribution in [0.2, 0.25) is 18.6 Å². The monoisotopic (exact) mass is 584 g/mol. The van der Waals surface area contributed by atoms with Crippen molar-refractivity contribution >= 4 is 37.5 Å². The van der Waals surface area contributed by atoms with Gasteiger partial charge in [-0.05, 0) is 74.8 Å². The Morgan fingerprint density at radius 2 is 1.83 bits per heavy atom. The summed E-state index contributed by atoms with van der Waals surface area (Å²) in [5.41, 5.74) is 0.565. The predicted molar refractivity (Wildman–Crippen MR) is 156 cm³/mol. The van der Waals surface area contributed by atoms with Crippen molar-refractivity contribution in [2.24, 2.45) is 5.92 Å². The molecule has 1 spiro atoms. The van der Waals surface area contributed by atoms with E-state index in [0.717, 1.165) is 0 Å². The van der Waals surface area contributed by atoms with E-state index in [1.165, 1.54) is 7.11 Å². The summed E-state index contributed by atoms with van der Waals surface area (Å²) in [4.78, 5) is 51.9. The van der Waals surface area contributed by atoms with Gasteiger partial charge in [0.1, 0.15) is 5.75 Å². The standard InChI is InChI=1S/C30H40N2O8Si/c1-19-27(41(4,5)37)25(15-17-33)40-30(19)23-18-21(31-28(35)20-9-12-22(38-2)13-10-20)11-14-24(23)32(29(30)36)16-7-6-8-26(34)39-3/h9-14,18-19,25,27,33,37H,6-8,15-17H2,1-5H3,(H,31,35)/t19-,25+,27-,30+/m0/s1. The highest BCUT2D eigenvalue weighted by Gasteiger charge is 2.66. The lowest BCUT2D eigenvalue weighted by Gasteiger charge is -2.32. The molecule has 2 aliphatic rings. The van der Waals surface area contributed by atoms with E-state index in [9.17, 15) is 24.3 Å². The lowest BCUT2D eigenvalue weighted by atomic mass is 9.82. The molecule has 3 N–H and O–H groups in total. The van der Waals surface area contributed by atoms with E-state index < -0.39 is 20.0 Å². The molecule has 11 heteroatoms. The molecule has 0 aliphatic carbocycles. The SMILES string of the molecule is COC(=O)CCCCN1C(=O)[C@]2(O[C@H](CCO)[C@@H]([Si](C)(C)O)[C@@H]2C)c2cc(NC(=O)c3ccc(OC)cc3)ccc21. The molecule has 0 saturated carbocycles. The highest BCUT2D eigenvalue weighted by molar-refractivity contribution is 6.71. The van der Waals surface area contributed by atoms with Crippen LogP contribution in [0.3, 0.4) is 0 Å². The van der Waals surface area contributed by atoms with Gasteiger partial charge in [-0.3, -0.25) is 14.4 Å². The molecule has 2 aliphatic heterocycles. The number of unbranched alkanes of at least 4 members (excludes halogenated alkanes) is 1. The van der Waals surface area contributed by atoms with Crippen molar-refractivity contribution in [2.75, 3.05) is 37.6 Å². The molecule has 2 aromatic rings. The number of methoxy groups -OCH3 is 2. The van der Waals surface area contributed by atoms with Gasteiger partial charge in [-0.1, -0.05) is 6.92 Å². The number of carbonyl (C=O) groups excluding carboxylic acids is 3. The van der Waals surface area contributed by atoms with Crippen LogP contribution in [0.15, 0.2) is 42.5 Å². The molecule has 10 nitrogen and oxygen atoms in total. The summed E-state index contributed by atoms with van der Waals surface area (Å²) < 4.78 is 16.5. The van der Waals surface area contributed by atoms with Gasteiger partial charge >= 0.3 is 5.97 Å². The first-order valence-corrected chi connectivity index (χ1v) is 17.0. The van der Waals surface area contributed by atoms with Crippen molar-refractivity contribution in [3.05, 3.63) is 53.6 Å². The lowest BCUT2D eigenvalue weighted by Crippen LogP contribution is -2.46. The van der Waals surface area contributed by atoms with Gasteiger partial charge in [0.2, 0.25) is 0 Å². The molecule has 2 amide bonds. The number of nitrogens with one attached hydrogen (secondary N) is 1. The summed E-state index contributed by atoms with van der Waals surface area (Å²) in [5, 5.41) is 12.7. The van der Waals surface area contributed by atoms with Gasteiger partial charge in [0.05, 0.1) is 26.0 Å². The van der Waals surface area contributed by atoms with Crippen LogP contribution in [0.5, 0.6) is 5.75 Å². The molecule has 0 unspecified atom stereocenters. The Morgan fingerprint density at radius 3 is 2.44 bits per heavy atom. The van der Waals surface area contributed by atoms with Gasteiger partial charge in [-0.25, -0.2) is 0 Å². The third-order valence-electron chi connectivity index (χ3n) is 8.25. The second kappa shape index (κ2) is 12.3. The smallest absolute Gasteiger partial charge is 0.305 e. The average molecular weight is 585 g/mol. The Kier molecular flexibility index (Phi) is 9.22. The summed E-state index contributed by atoms with van der Waals surface area (Å²) in [6.45, 7) is 5.82. The first-order chi connectivity index (χ1) is 19.5. The maximum absolute atomic E-state index is 14.3. The normalized spacial score (nSPS) is 23.5. The molecule has 1 saturated heterocycles. The molecule has 1 fully saturated rings. The Bertz CT molecular complexity index is 1280. The van der Waals surface area contributed by atoms with Gasteiger partial charge in [-0.15, -0.1) is 0 Å². The molecule has 2 aromatic carbocycles. The van der Waals surface area contributed by atoms with Crippen LogP contribution in [0.1, 0.15) is 48.5 Å². The summed E-state index contributed by atoms with van der Waals surface area (Å²) in [5.74, 6) is -0.596. The molecule has 0 aromatic heterocycles. The van der Waals surface area contributed by atoms with Crippen LogP contribution in [0.25, 0.3) is 0 Å². The Hall–Kier alpha value is -3.25. The van der Waals surface area contributed by atoms with Crippen molar-refractivity contribution in [1.82, 2.24) is 0 Å². The molecule has 4 rings (SSSR count). The topological polar surface area (TPSA) is 135 Å². The van der Waals surface area contributed by atoms with Crippen molar-refractivity contribution in [2.45, 2.75) is 62.9 Å². The minimum absolute atomic E-state index is 0.134. The number of nitrogens with zero attached hydrogens (tertiary/aromatic N) is 1. The number of aliphatic hydroxyl groups excluding tert-OH is 1. The van der Waals surface area contributed by atoms with Crippen LogP contribution in [-0.4, -0.2) is 69.5 Å². The number of ether oxygens (including phenoxy) is 3. The summed E-state index contributed by atoms with van der Waals surface area (Å²) in [7, 11) is 0.0734. The third-order valence-corrected chi connectivity index (χ3v) is 10.8. The summed E-state index contributed by atoms with van der Waals surface area (Å²) in [6, 6.07) is 12.1. The number of amides is 2. The van der Waals surface area contributed by atoms with E-state index in [0.29, 0.717) is 54.1 Å². The van der Waals surface area contributed by atoms with E-state index in [2.05, 4.69) is 5.32 Å². The van der Waals surface area contributed by atoms with Crippen molar-refractivity contribution in [1.29, 1.82) is 0 Å². The van der Waals surface area contributed by atoms with E-state index in [1.54, 1.807) is 54.5 Å². The Labute approximate surface area is 241 Å². The van der Waals surface area contributed by atoms with Crippen molar-refractivity contribution in [3.8, 4) is 5.75 Å². The first kappa shape index (κ1) is 30.7. The molecule has 41 heavy (non-hydrogen) atoms. The first-order valence-electron chi connectivity index (χ1n) is 14.0. The fourth-order valence-electron chi connectivity index (χ4n) is 6.36. The highest BCUT2D eigenvalue weighted by Crippen LogP contribution is 2.59. The predicted octanol–water partition coefficient (Wildman–Crippen LogP) is 3.82. The van der Waals surface area contributed by atoms with Gasteiger partial charge in [0.15, 0.2) is 13.9 Å². The number of benzene rings is 2. The minimum atomic E-state index is -2.83. The lowest BCUT2D eigenvalue weighted by molar-refractivity contribution is -0.146. The summed E-state index contributed by atoms with van der Waals surface area (Å²) in [6.07, 6.45) is 1.17. The van der Waals surface area contributed by atoms with E-state index in [4.69, 9.17) is 14.2 Å². The fraction of sp³-hybridized carbons (Fsp3) is 0.500. The van der Waals surface area contributed by atoms with Crippen LogP contribution in [0.4, 0.5) is 11.4 Å². The molecule has 2 heterocycles. The van der Waals surface area contributed by atoms with Crippen molar-refractivity contribution < 1.29 is 38.5 Å². The number of fused-ring (bicyclic) bond motifs is 2. The third kappa shape index (κ3) is 5.90. The van der Waals surface area contributed by atoms with Gasteiger partial charge in [-0.2, -0.15) is 0 Å². The second-order valence-corrected chi connectivity index (χ2v) is 15.3. The number of rotatable bonds is 11. The van der Waals surface area contributed by atoms with Gasteiger partial charge < -0.3 is 34.3 Å². The van der Waals surface area contributed by atoms with Crippen LogP contribution in [-0.2, 0) is 24.7 Å². The zero-order valence-corrected chi connectivity index (χ0v) is 25.3. The molecule has 4 atom stereocenters. The Balaban J connectivity index is 1.70.